The van der Waals surface area contributed by atoms with E-state index in [1.54, 1.807) is 7.11 Å². The van der Waals surface area contributed by atoms with Crippen molar-refractivity contribution in [3.63, 3.8) is 0 Å². The third-order valence-electron chi connectivity index (χ3n) is 4.14. The van der Waals surface area contributed by atoms with Crippen molar-refractivity contribution in [3.8, 4) is 0 Å². The molecule has 0 unspecified atom stereocenters. The van der Waals surface area contributed by atoms with Crippen LogP contribution >= 0.6 is 0 Å². The van der Waals surface area contributed by atoms with Gasteiger partial charge in [-0.25, -0.2) is 8.78 Å². The summed E-state index contributed by atoms with van der Waals surface area (Å²) in [6, 6.07) is 2.92. The molecule has 0 aliphatic carbocycles. The van der Waals surface area contributed by atoms with Gasteiger partial charge < -0.3 is 15.0 Å². The molecule has 2 amide bonds. The lowest BCUT2D eigenvalue weighted by Crippen LogP contribution is -2.43. The van der Waals surface area contributed by atoms with Crippen molar-refractivity contribution in [1.29, 1.82) is 0 Å². The summed E-state index contributed by atoms with van der Waals surface area (Å²) in [4.78, 5) is 25.8. The molecule has 1 aromatic carbocycles. The Balaban J connectivity index is 1.83. The predicted octanol–water partition coefficient (Wildman–Crippen LogP) is 1.97. The quantitative estimate of drug-likeness (QED) is 0.806. The van der Waals surface area contributed by atoms with Crippen LogP contribution in [-0.2, 0) is 9.53 Å². The second-order valence-electron chi connectivity index (χ2n) is 5.83. The van der Waals surface area contributed by atoms with Gasteiger partial charge in [-0.15, -0.1) is 0 Å². The number of hydrogen-bond acceptors (Lipinski definition) is 3. The molecule has 7 heteroatoms. The number of amides is 2. The van der Waals surface area contributed by atoms with Gasteiger partial charge in [0.25, 0.3) is 5.91 Å². The third-order valence-corrected chi connectivity index (χ3v) is 4.14. The van der Waals surface area contributed by atoms with E-state index in [2.05, 4.69) is 5.32 Å². The minimum Gasteiger partial charge on any atom is -0.385 e. The first-order chi connectivity index (χ1) is 11.5. The van der Waals surface area contributed by atoms with Gasteiger partial charge in [-0.2, -0.15) is 0 Å². The second-order valence-corrected chi connectivity index (χ2v) is 5.83. The molecule has 1 aliphatic rings. The largest absolute Gasteiger partial charge is 0.385 e. The Hall–Kier alpha value is -2.02. The van der Waals surface area contributed by atoms with E-state index in [9.17, 15) is 18.4 Å². The van der Waals surface area contributed by atoms with Crippen LogP contribution in [0.5, 0.6) is 0 Å². The molecule has 0 spiro atoms. The van der Waals surface area contributed by atoms with Crippen LogP contribution in [-0.4, -0.2) is 50.1 Å². The van der Waals surface area contributed by atoms with Gasteiger partial charge >= 0.3 is 0 Å². The smallest absolute Gasteiger partial charge is 0.256 e. The molecule has 1 N–H and O–H groups in total. The Morgan fingerprint density at radius 3 is 2.62 bits per heavy atom. The Bertz CT molecular complexity index is 587. The van der Waals surface area contributed by atoms with Gasteiger partial charge in [0.15, 0.2) is 0 Å². The molecule has 1 aromatic rings. The fraction of sp³-hybridized carbons (Fsp3) is 0.529. The molecule has 1 aliphatic heterocycles. The lowest BCUT2D eigenvalue weighted by molar-refractivity contribution is -0.126. The minimum atomic E-state index is -0.863. The maximum Gasteiger partial charge on any atom is 0.256 e. The number of carbonyl (C=O) groups excluding carboxylic acids is 2. The molecular formula is C17H22F2N2O3. The van der Waals surface area contributed by atoms with E-state index in [0.717, 1.165) is 18.6 Å². The molecule has 1 heterocycles. The average molecular weight is 340 g/mol. The normalized spacial score (nSPS) is 15.4. The molecule has 132 valence electrons. The van der Waals surface area contributed by atoms with Gasteiger partial charge in [0.05, 0.1) is 5.56 Å². The summed E-state index contributed by atoms with van der Waals surface area (Å²) >= 11 is 0. The van der Waals surface area contributed by atoms with Crippen LogP contribution in [0.4, 0.5) is 8.78 Å². The Morgan fingerprint density at radius 2 is 2.00 bits per heavy atom. The first kappa shape index (κ1) is 18.3. The minimum absolute atomic E-state index is 0.0221. The highest BCUT2D eigenvalue weighted by molar-refractivity contribution is 5.94. The van der Waals surface area contributed by atoms with Crippen LogP contribution < -0.4 is 5.32 Å². The number of rotatable bonds is 6. The summed E-state index contributed by atoms with van der Waals surface area (Å²) < 4.78 is 31.5. The molecule has 24 heavy (non-hydrogen) atoms. The number of ether oxygens (including phenoxy) is 1. The van der Waals surface area contributed by atoms with Crippen LogP contribution in [0, 0.1) is 17.6 Å². The topological polar surface area (TPSA) is 58.6 Å². The van der Waals surface area contributed by atoms with Crippen molar-refractivity contribution in [2.24, 2.45) is 5.92 Å². The number of methoxy groups -OCH3 is 1. The summed E-state index contributed by atoms with van der Waals surface area (Å²) in [5, 5.41) is 2.85. The van der Waals surface area contributed by atoms with Crippen molar-refractivity contribution in [2.45, 2.75) is 19.3 Å². The molecule has 0 saturated carbocycles. The highest BCUT2D eigenvalue weighted by atomic mass is 19.1. The molecule has 1 fully saturated rings. The maximum absolute atomic E-state index is 13.7. The van der Waals surface area contributed by atoms with E-state index < -0.39 is 17.5 Å². The van der Waals surface area contributed by atoms with Crippen molar-refractivity contribution in [2.75, 3.05) is 33.4 Å². The fourth-order valence-electron chi connectivity index (χ4n) is 2.75. The zero-order valence-electron chi connectivity index (χ0n) is 13.7. The monoisotopic (exact) mass is 340 g/mol. The van der Waals surface area contributed by atoms with E-state index in [0.29, 0.717) is 45.1 Å². The molecule has 0 bridgehead atoms. The van der Waals surface area contributed by atoms with Crippen LogP contribution in [0.25, 0.3) is 0 Å². The Kier molecular flexibility index (Phi) is 6.66. The Labute approximate surface area is 140 Å². The summed E-state index contributed by atoms with van der Waals surface area (Å²) in [6.07, 6.45) is 1.82. The third kappa shape index (κ3) is 4.74. The Morgan fingerprint density at radius 1 is 1.29 bits per heavy atom. The van der Waals surface area contributed by atoms with Crippen molar-refractivity contribution in [3.05, 3.63) is 35.4 Å². The maximum atomic E-state index is 13.7. The number of halogens is 2. The van der Waals surface area contributed by atoms with Gasteiger partial charge in [0.2, 0.25) is 5.91 Å². The number of nitrogens with zero attached hydrogens (tertiary/aromatic N) is 1. The lowest BCUT2D eigenvalue weighted by atomic mass is 9.95. The summed E-state index contributed by atoms with van der Waals surface area (Å²) in [6.45, 7) is 1.92. The van der Waals surface area contributed by atoms with E-state index in [1.807, 2.05) is 0 Å². The molecule has 1 saturated heterocycles. The number of piperidine rings is 1. The zero-order chi connectivity index (χ0) is 17.5. The second kappa shape index (κ2) is 8.73. The molecule has 0 aromatic heterocycles. The number of benzene rings is 1. The SMILES string of the molecule is COCCCNC(=O)C1CCN(C(=O)c2ccc(F)cc2F)CC1. The standard InChI is InChI=1S/C17H22F2N2O3/c1-24-10-2-7-20-16(22)12-5-8-21(9-6-12)17(23)14-4-3-13(18)11-15(14)19/h3-4,11-12H,2,5-10H2,1H3,(H,20,22). The van der Waals surface area contributed by atoms with Gasteiger partial charge in [-0.1, -0.05) is 0 Å². The number of likely N-dealkylation sites (tertiary alicyclic amines) is 1. The molecule has 5 nitrogen and oxygen atoms in total. The van der Waals surface area contributed by atoms with Crippen molar-refractivity contribution >= 4 is 11.8 Å². The molecule has 0 atom stereocenters. The van der Waals surface area contributed by atoms with Gasteiger partial charge in [-0.05, 0) is 31.4 Å². The average Bonchev–Trinajstić information content (AvgIpc) is 2.58. The zero-order valence-corrected chi connectivity index (χ0v) is 13.7. The summed E-state index contributed by atoms with van der Waals surface area (Å²) in [5.41, 5.74) is -0.140. The molecule has 2 rings (SSSR count). The predicted molar refractivity (Wildman–Crippen MR) is 84.5 cm³/mol. The van der Waals surface area contributed by atoms with E-state index >= 15 is 0 Å². The van der Waals surface area contributed by atoms with Crippen LogP contribution in [0.2, 0.25) is 0 Å². The van der Waals surface area contributed by atoms with Crippen LogP contribution in [0.15, 0.2) is 18.2 Å². The van der Waals surface area contributed by atoms with Crippen molar-refractivity contribution in [1.82, 2.24) is 10.2 Å². The van der Waals surface area contributed by atoms with Gasteiger partial charge in [-0.3, -0.25) is 9.59 Å². The first-order valence-electron chi connectivity index (χ1n) is 8.04. The van der Waals surface area contributed by atoms with Crippen LogP contribution in [0.1, 0.15) is 29.6 Å². The molecule has 0 radical (unpaired) electrons. The first-order valence-corrected chi connectivity index (χ1v) is 8.04. The number of hydrogen-bond donors (Lipinski definition) is 1. The molecular weight excluding hydrogens is 318 g/mol. The highest BCUT2D eigenvalue weighted by Gasteiger charge is 2.28. The van der Waals surface area contributed by atoms with E-state index in [-0.39, 0.29) is 17.4 Å². The van der Waals surface area contributed by atoms with Crippen LogP contribution in [0.3, 0.4) is 0 Å². The van der Waals surface area contributed by atoms with Crippen molar-refractivity contribution < 1.29 is 23.1 Å². The number of carbonyl (C=O) groups is 2. The highest BCUT2D eigenvalue weighted by Crippen LogP contribution is 2.20. The van der Waals surface area contributed by atoms with E-state index in [1.165, 1.54) is 4.90 Å². The fourth-order valence-corrected chi connectivity index (χ4v) is 2.75. The summed E-state index contributed by atoms with van der Waals surface area (Å²) in [5.74, 6) is -2.21. The number of nitrogens with one attached hydrogen (secondary N) is 1. The van der Waals surface area contributed by atoms with E-state index in [4.69, 9.17) is 4.74 Å². The summed E-state index contributed by atoms with van der Waals surface area (Å²) in [7, 11) is 1.61. The van der Waals surface area contributed by atoms with Gasteiger partial charge in [0.1, 0.15) is 11.6 Å². The lowest BCUT2D eigenvalue weighted by Gasteiger charge is -2.31. The van der Waals surface area contributed by atoms with Gasteiger partial charge in [0, 0.05) is 45.3 Å².